The fourth-order valence-corrected chi connectivity index (χ4v) is 2.36. The van der Waals surface area contributed by atoms with Gasteiger partial charge in [0.2, 0.25) is 0 Å². The van der Waals surface area contributed by atoms with E-state index in [2.05, 4.69) is 36.8 Å². The summed E-state index contributed by atoms with van der Waals surface area (Å²) in [5.41, 5.74) is 3.02. The van der Waals surface area contributed by atoms with Gasteiger partial charge >= 0.3 is 0 Å². The zero-order valence-electron chi connectivity index (χ0n) is 13.0. The van der Waals surface area contributed by atoms with Crippen LogP contribution in [0, 0.1) is 6.92 Å². The van der Waals surface area contributed by atoms with Gasteiger partial charge in [0.15, 0.2) is 11.5 Å². The molecule has 0 aliphatic heterocycles. The third-order valence-corrected chi connectivity index (χ3v) is 3.94. The van der Waals surface area contributed by atoms with E-state index in [4.69, 9.17) is 0 Å². The number of nitrogens with one attached hydrogen (secondary N) is 2. The topological polar surface area (TPSA) is 66.9 Å². The predicted molar refractivity (Wildman–Crippen MR) is 98.6 cm³/mol. The van der Waals surface area contributed by atoms with E-state index in [1.165, 1.54) is 0 Å². The van der Waals surface area contributed by atoms with Crippen LogP contribution in [0.5, 0.6) is 0 Å². The average molecular weight is 383 g/mol. The highest BCUT2D eigenvalue weighted by molar-refractivity contribution is 9.10. The number of amides is 1. The van der Waals surface area contributed by atoms with Gasteiger partial charge in [0.05, 0.1) is 0 Å². The first-order valence-electron chi connectivity index (χ1n) is 7.35. The number of aryl methyl sites for hydroxylation is 1. The monoisotopic (exact) mass is 382 g/mol. The maximum atomic E-state index is 12.2. The maximum absolute atomic E-state index is 12.2. The lowest BCUT2D eigenvalue weighted by molar-refractivity contribution is 0.102. The van der Waals surface area contributed by atoms with Crippen molar-refractivity contribution >= 4 is 39.0 Å². The normalized spacial score (nSPS) is 10.2. The molecule has 1 aromatic heterocycles. The Morgan fingerprint density at radius 3 is 2.38 bits per heavy atom. The number of carbonyl (C=O) groups is 1. The van der Waals surface area contributed by atoms with E-state index in [-0.39, 0.29) is 11.6 Å². The molecule has 0 fully saturated rings. The molecule has 0 spiro atoms. The minimum Gasteiger partial charge on any atom is -0.339 e. The average Bonchev–Trinajstić information content (AvgIpc) is 2.59. The molecule has 6 heteroatoms. The number of halogens is 1. The van der Waals surface area contributed by atoms with Crippen molar-refractivity contribution in [1.82, 2.24) is 10.2 Å². The molecule has 1 amide bonds. The second-order valence-electron chi connectivity index (χ2n) is 5.20. The molecule has 0 saturated heterocycles. The van der Waals surface area contributed by atoms with Crippen LogP contribution in [0.1, 0.15) is 16.1 Å². The summed E-state index contributed by atoms with van der Waals surface area (Å²) < 4.78 is 0.951. The fraction of sp³-hybridized carbons (Fsp3) is 0.0556. The zero-order valence-corrected chi connectivity index (χ0v) is 14.5. The fourth-order valence-electron chi connectivity index (χ4n) is 2.10. The van der Waals surface area contributed by atoms with E-state index in [0.717, 1.165) is 15.7 Å². The molecular weight excluding hydrogens is 368 g/mol. The lowest BCUT2D eigenvalue weighted by Crippen LogP contribution is -2.14. The van der Waals surface area contributed by atoms with Gasteiger partial charge in [0, 0.05) is 15.8 Å². The third-order valence-electron chi connectivity index (χ3n) is 3.41. The molecule has 2 aromatic carbocycles. The van der Waals surface area contributed by atoms with Crippen molar-refractivity contribution in [2.24, 2.45) is 0 Å². The van der Waals surface area contributed by atoms with Gasteiger partial charge in [-0.3, -0.25) is 4.79 Å². The highest BCUT2D eigenvalue weighted by Gasteiger charge is 2.09. The van der Waals surface area contributed by atoms with E-state index in [1.54, 1.807) is 12.1 Å². The number of aromatic nitrogens is 2. The molecule has 1 heterocycles. The van der Waals surface area contributed by atoms with Crippen molar-refractivity contribution in [3.05, 3.63) is 76.4 Å². The minimum absolute atomic E-state index is 0.258. The molecular formula is C18H15BrN4O. The number of rotatable bonds is 4. The summed E-state index contributed by atoms with van der Waals surface area (Å²) in [6.07, 6.45) is 0. The van der Waals surface area contributed by atoms with Gasteiger partial charge < -0.3 is 10.6 Å². The molecule has 0 atom stereocenters. The van der Waals surface area contributed by atoms with Crippen LogP contribution in [0.15, 0.2) is 65.1 Å². The Labute approximate surface area is 148 Å². The molecule has 0 aliphatic carbocycles. The van der Waals surface area contributed by atoms with E-state index in [0.29, 0.717) is 11.5 Å². The number of anilines is 3. The quantitative estimate of drug-likeness (QED) is 0.694. The second kappa shape index (κ2) is 7.23. The van der Waals surface area contributed by atoms with E-state index in [9.17, 15) is 4.79 Å². The van der Waals surface area contributed by atoms with Crippen LogP contribution in [-0.4, -0.2) is 16.1 Å². The molecule has 24 heavy (non-hydrogen) atoms. The summed E-state index contributed by atoms with van der Waals surface area (Å²) in [5.74, 6) is 0.289. The van der Waals surface area contributed by atoms with E-state index in [1.807, 2.05) is 55.5 Å². The van der Waals surface area contributed by atoms with Crippen molar-refractivity contribution in [3.63, 3.8) is 0 Å². The first kappa shape index (κ1) is 16.1. The Hall–Kier alpha value is -2.73. The van der Waals surface area contributed by atoms with Crippen LogP contribution in [0.4, 0.5) is 17.2 Å². The molecule has 0 unspecified atom stereocenters. The molecule has 3 aromatic rings. The Kier molecular flexibility index (Phi) is 4.86. The van der Waals surface area contributed by atoms with Crippen LogP contribution >= 0.6 is 15.9 Å². The highest BCUT2D eigenvalue weighted by atomic mass is 79.9. The summed E-state index contributed by atoms with van der Waals surface area (Å²) >= 11 is 3.35. The van der Waals surface area contributed by atoms with Crippen LogP contribution < -0.4 is 10.6 Å². The standard InChI is InChI=1S/C18H15BrN4O/c1-12-4-2-3-5-15(12)21-17-11-10-16(22-23-17)18(24)20-14-8-6-13(19)7-9-14/h2-11H,1H3,(H,20,24)(H,21,23). The van der Waals surface area contributed by atoms with Crippen LogP contribution in [0.2, 0.25) is 0 Å². The molecule has 0 aliphatic rings. The molecule has 2 N–H and O–H groups in total. The summed E-state index contributed by atoms with van der Waals surface area (Å²) in [5, 5.41) is 14.0. The second-order valence-corrected chi connectivity index (χ2v) is 6.12. The Bertz CT molecular complexity index is 848. The Morgan fingerprint density at radius 2 is 1.71 bits per heavy atom. The summed E-state index contributed by atoms with van der Waals surface area (Å²) in [4.78, 5) is 12.2. The van der Waals surface area contributed by atoms with Gasteiger partial charge in [-0.15, -0.1) is 10.2 Å². The lowest BCUT2D eigenvalue weighted by atomic mass is 10.2. The smallest absolute Gasteiger partial charge is 0.276 e. The highest BCUT2D eigenvalue weighted by Crippen LogP contribution is 2.18. The number of benzene rings is 2. The van der Waals surface area contributed by atoms with Crippen molar-refractivity contribution in [3.8, 4) is 0 Å². The molecule has 0 bridgehead atoms. The van der Waals surface area contributed by atoms with Crippen molar-refractivity contribution in [2.45, 2.75) is 6.92 Å². The maximum Gasteiger partial charge on any atom is 0.276 e. The summed E-state index contributed by atoms with van der Waals surface area (Å²) in [6.45, 7) is 2.01. The molecule has 0 saturated carbocycles. The van der Waals surface area contributed by atoms with Gasteiger partial charge in [-0.25, -0.2) is 0 Å². The number of hydrogen-bond acceptors (Lipinski definition) is 4. The lowest BCUT2D eigenvalue weighted by Gasteiger charge is -2.08. The number of hydrogen-bond donors (Lipinski definition) is 2. The Morgan fingerprint density at radius 1 is 0.958 bits per heavy atom. The predicted octanol–water partition coefficient (Wildman–Crippen LogP) is 4.54. The SMILES string of the molecule is Cc1ccccc1Nc1ccc(C(=O)Nc2ccc(Br)cc2)nn1. The first-order valence-corrected chi connectivity index (χ1v) is 8.14. The van der Waals surface area contributed by atoms with Crippen LogP contribution in [-0.2, 0) is 0 Å². The van der Waals surface area contributed by atoms with Crippen molar-refractivity contribution in [2.75, 3.05) is 10.6 Å². The number of para-hydroxylation sites is 1. The zero-order chi connectivity index (χ0) is 16.9. The van der Waals surface area contributed by atoms with Crippen LogP contribution in [0.25, 0.3) is 0 Å². The van der Waals surface area contributed by atoms with Crippen LogP contribution in [0.3, 0.4) is 0 Å². The molecule has 5 nitrogen and oxygen atoms in total. The molecule has 120 valence electrons. The number of nitrogens with zero attached hydrogens (tertiary/aromatic N) is 2. The van der Waals surface area contributed by atoms with E-state index < -0.39 is 0 Å². The van der Waals surface area contributed by atoms with Gasteiger partial charge in [-0.05, 0) is 55.0 Å². The third kappa shape index (κ3) is 3.97. The molecule has 0 radical (unpaired) electrons. The van der Waals surface area contributed by atoms with Crippen molar-refractivity contribution in [1.29, 1.82) is 0 Å². The minimum atomic E-state index is -0.299. The van der Waals surface area contributed by atoms with Gasteiger partial charge in [0.25, 0.3) is 5.91 Å². The van der Waals surface area contributed by atoms with Gasteiger partial charge in [-0.2, -0.15) is 0 Å². The number of carbonyl (C=O) groups excluding carboxylic acids is 1. The van der Waals surface area contributed by atoms with Gasteiger partial charge in [0.1, 0.15) is 0 Å². The summed E-state index contributed by atoms with van der Waals surface area (Å²) in [7, 11) is 0. The van der Waals surface area contributed by atoms with Crippen molar-refractivity contribution < 1.29 is 4.79 Å². The first-order chi connectivity index (χ1) is 11.6. The molecule has 3 rings (SSSR count). The van der Waals surface area contributed by atoms with E-state index >= 15 is 0 Å². The largest absolute Gasteiger partial charge is 0.339 e. The van der Waals surface area contributed by atoms with Gasteiger partial charge in [-0.1, -0.05) is 34.1 Å². The Balaban J connectivity index is 1.68. The summed E-state index contributed by atoms with van der Waals surface area (Å²) in [6, 6.07) is 18.6.